The second-order valence-corrected chi connectivity index (χ2v) is 5.06. The summed E-state index contributed by atoms with van der Waals surface area (Å²) in [5.74, 6) is 0.334. The average Bonchev–Trinajstić information content (AvgIpc) is 2.29. The zero-order chi connectivity index (χ0) is 10.7. The molecule has 2 saturated heterocycles. The van der Waals surface area contributed by atoms with Crippen molar-refractivity contribution in [2.75, 3.05) is 26.3 Å². The van der Waals surface area contributed by atoms with Crippen LogP contribution in [0.15, 0.2) is 0 Å². The summed E-state index contributed by atoms with van der Waals surface area (Å²) < 4.78 is 5.34. The summed E-state index contributed by atoms with van der Waals surface area (Å²) in [6.07, 6.45) is 4.05. The van der Waals surface area contributed by atoms with Gasteiger partial charge in [0.1, 0.15) is 0 Å². The van der Waals surface area contributed by atoms with E-state index in [2.05, 4.69) is 0 Å². The molecule has 3 nitrogen and oxygen atoms in total. The molecule has 0 aliphatic carbocycles. The monoisotopic (exact) mass is 231 g/mol. The van der Waals surface area contributed by atoms with Crippen molar-refractivity contribution >= 4 is 17.5 Å². The third-order valence-electron chi connectivity index (χ3n) is 3.19. The topological polar surface area (TPSA) is 29.5 Å². The lowest BCUT2D eigenvalue weighted by atomic mass is 9.99. The van der Waals surface area contributed by atoms with Crippen LogP contribution in [0, 0.1) is 5.92 Å². The first-order valence-corrected chi connectivity index (χ1v) is 6.21. The van der Waals surface area contributed by atoms with Gasteiger partial charge in [0, 0.05) is 19.7 Å². The van der Waals surface area contributed by atoms with Gasteiger partial charge in [-0.05, 0) is 25.7 Å². The van der Waals surface area contributed by atoms with Gasteiger partial charge in [0.05, 0.1) is 17.9 Å². The number of ether oxygens (including phenoxy) is 1. The van der Waals surface area contributed by atoms with Crippen LogP contribution in [0.1, 0.15) is 25.7 Å². The van der Waals surface area contributed by atoms with E-state index in [-0.39, 0.29) is 17.2 Å². The highest BCUT2D eigenvalue weighted by Crippen LogP contribution is 2.21. The Morgan fingerprint density at radius 2 is 2.20 bits per heavy atom. The van der Waals surface area contributed by atoms with E-state index in [4.69, 9.17) is 16.3 Å². The van der Waals surface area contributed by atoms with Crippen LogP contribution < -0.4 is 0 Å². The van der Waals surface area contributed by atoms with E-state index >= 15 is 0 Å². The summed E-state index contributed by atoms with van der Waals surface area (Å²) in [6, 6.07) is 0. The maximum Gasteiger partial charge on any atom is 0.228 e. The lowest BCUT2D eigenvalue weighted by Gasteiger charge is -2.33. The lowest BCUT2D eigenvalue weighted by Crippen LogP contribution is -2.45. The zero-order valence-electron chi connectivity index (χ0n) is 8.95. The Morgan fingerprint density at radius 3 is 2.87 bits per heavy atom. The molecular weight excluding hydrogens is 214 g/mol. The van der Waals surface area contributed by atoms with E-state index in [1.54, 1.807) is 0 Å². The van der Waals surface area contributed by atoms with Gasteiger partial charge in [-0.15, -0.1) is 11.6 Å². The molecule has 0 aromatic rings. The Kier molecular flexibility index (Phi) is 3.87. The zero-order valence-corrected chi connectivity index (χ0v) is 9.71. The number of piperidine rings is 1. The second-order valence-electron chi connectivity index (χ2n) is 4.44. The van der Waals surface area contributed by atoms with E-state index in [0.29, 0.717) is 6.61 Å². The first kappa shape index (κ1) is 11.2. The molecule has 86 valence electrons. The van der Waals surface area contributed by atoms with Crippen molar-refractivity contribution in [3.05, 3.63) is 0 Å². The largest absolute Gasteiger partial charge is 0.381 e. The lowest BCUT2D eigenvalue weighted by molar-refractivity contribution is -0.140. The number of hydrogen-bond donors (Lipinski definition) is 0. The van der Waals surface area contributed by atoms with Crippen LogP contribution in [0.4, 0.5) is 0 Å². The molecule has 2 atom stereocenters. The highest BCUT2D eigenvalue weighted by molar-refractivity contribution is 6.20. The standard InChI is InChI=1S/C11H18ClNO2/c12-10-4-1-5-13(7-10)11(14)9-3-2-6-15-8-9/h9-10H,1-8H2. The highest BCUT2D eigenvalue weighted by Gasteiger charge is 2.29. The highest BCUT2D eigenvalue weighted by atomic mass is 35.5. The first-order chi connectivity index (χ1) is 7.27. The number of amides is 1. The van der Waals surface area contributed by atoms with E-state index in [9.17, 15) is 4.79 Å². The molecule has 2 fully saturated rings. The van der Waals surface area contributed by atoms with Crippen LogP contribution >= 0.6 is 11.6 Å². The van der Waals surface area contributed by atoms with Crippen molar-refractivity contribution in [3.63, 3.8) is 0 Å². The molecule has 0 saturated carbocycles. The Labute approximate surface area is 95.7 Å². The first-order valence-electron chi connectivity index (χ1n) is 5.78. The average molecular weight is 232 g/mol. The molecule has 0 N–H and O–H groups in total. The molecule has 4 heteroatoms. The Morgan fingerprint density at radius 1 is 1.33 bits per heavy atom. The van der Waals surface area contributed by atoms with Gasteiger partial charge in [0.15, 0.2) is 0 Å². The summed E-state index contributed by atoms with van der Waals surface area (Å²) in [6.45, 7) is 3.00. The number of alkyl halides is 1. The fourth-order valence-electron chi connectivity index (χ4n) is 2.32. The number of halogens is 1. The summed E-state index contributed by atoms with van der Waals surface area (Å²) in [4.78, 5) is 14.0. The molecule has 2 unspecified atom stereocenters. The van der Waals surface area contributed by atoms with Crippen molar-refractivity contribution in [2.45, 2.75) is 31.1 Å². The summed E-state index contributed by atoms with van der Waals surface area (Å²) >= 11 is 6.07. The van der Waals surface area contributed by atoms with E-state index in [1.165, 1.54) is 0 Å². The Hall–Kier alpha value is -0.280. The number of rotatable bonds is 1. The number of carbonyl (C=O) groups is 1. The fourth-order valence-corrected chi connectivity index (χ4v) is 2.64. The van der Waals surface area contributed by atoms with Crippen LogP contribution in [-0.2, 0) is 9.53 Å². The van der Waals surface area contributed by atoms with Gasteiger partial charge in [0.2, 0.25) is 5.91 Å². The molecule has 0 aromatic carbocycles. The minimum atomic E-state index is 0.0840. The minimum absolute atomic E-state index is 0.0840. The smallest absolute Gasteiger partial charge is 0.228 e. The SMILES string of the molecule is O=C(C1CCCOC1)N1CCCC(Cl)C1. The van der Waals surface area contributed by atoms with Gasteiger partial charge in [-0.2, -0.15) is 0 Å². The van der Waals surface area contributed by atoms with Crippen LogP contribution in [0.5, 0.6) is 0 Å². The normalized spacial score (nSPS) is 32.7. The van der Waals surface area contributed by atoms with E-state index in [0.717, 1.165) is 45.4 Å². The maximum absolute atomic E-state index is 12.1. The van der Waals surface area contributed by atoms with E-state index < -0.39 is 0 Å². The quantitative estimate of drug-likeness (QED) is 0.643. The number of likely N-dealkylation sites (tertiary alicyclic amines) is 1. The molecule has 2 heterocycles. The molecule has 2 rings (SSSR count). The molecule has 15 heavy (non-hydrogen) atoms. The van der Waals surface area contributed by atoms with Gasteiger partial charge in [-0.3, -0.25) is 4.79 Å². The van der Waals surface area contributed by atoms with Crippen molar-refractivity contribution < 1.29 is 9.53 Å². The molecule has 0 bridgehead atoms. The van der Waals surface area contributed by atoms with Gasteiger partial charge in [-0.25, -0.2) is 0 Å². The van der Waals surface area contributed by atoms with Crippen molar-refractivity contribution in [2.24, 2.45) is 5.92 Å². The van der Waals surface area contributed by atoms with Crippen LogP contribution in [0.3, 0.4) is 0 Å². The minimum Gasteiger partial charge on any atom is -0.381 e. The van der Waals surface area contributed by atoms with Gasteiger partial charge >= 0.3 is 0 Å². The van der Waals surface area contributed by atoms with Gasteiger partial charge in [0.25, 0.3) is 0 Å². The number of nitrogens with zero attached hydrogens (tertiary/aromatic N) is 1. The molecule has 0 aromatic heterocycles. The van der Waals surface area contributed by atoms with E-state index in [1.807, 2.05) is 4.90 Å². The van der Waals surface area contributed by atoms with Crippen LogP contribution in [0.25, 0.3) is 0 Å². The van der Waals surface area contributed by atoms with Gasteiger partial charge in [-0.1, -0.05) is 0 Å². The van der Waals surface area contributed by atoms with Crippen molar-refractivity contribution in [1.29, 1.82) is 0 Å². The predicted molar refractivity (Wildman–Crippen MR) is 59.0 cm³/mol. The molecule has 2 aliphatic heterocycles. The number of carbonyl (C=O) groups excluding carboxylic acids is 1. The van der Waals surface area contributed by atoms with Crippen molar-refractivity contribution in [3.8, 4) is 0 Å². The van der Waals surface area contributed by atoms with Crippen LogP contribution in [-0.4, -0.2) is 42.5 Å². The Bertz CT molecular complexity index is 229. The fraction of sp³-hybridized carbons (Fsp3) is 0.909. The number of hydrogen-bond acceptors (Lipinski definition) is 2. The van der Waals surface area contributed by atoms with Gasteiger partial charge < -0.3 is 9.64 Å². The molecule has 2 aliphatic rings. The van der Waals surface area contributed by atoms with Crippen LogP contribution in [0.2, 0.25) is 0 Å². The molecular formula is C11H18ClNO2. The maximum atomic E-state index is 12.1. The molecule has 1 amide bonds. The van der Waals surface area contributed by atoms with Crippen molar-refractivity contribution in [1.82, 2.24) is 4.90 Å². The Balaban J connectivity index is 1.88. The molecule has 0 radical (unpaired) electrons. The molecule has 0 spiro atoms. The summed E-state index contributed by atoms with van der Waals surface area (Å²) in [7, 11) is 0. The second kappa shape index (κ2) is 5.17. The summed E-state index contributed by atoms with van der Waals surface area (Å²) in [5.41, 5.74) is 0. The third kappa shape index (κ3) is 2.85. The third-order valence-corrected chi connectivity index (χ3v) is 3.54. The predicted octanol–water partition coefficient (Wildman–Crippen LogP) is 1.64. The summed E-state index contributed by atoms with van der Waals surface area (Å²) in [5, 5.41) is 0.146.